The van der Waals surface area contributed by atoms with Gasteiger partial charge < -0.3 is 20.5 Å². The number of ether oxygens (including phenoxy) is 2. The molecular formula is C18H15ClN2O4. The van der Waals surface area contributed by atoms with Gasteiger partial charge in [0.25, 0.3) is 11.8 Å². The van der Waals surface area contributed by atoms with E-state index >= 15 is 0 Å². The van der Waals surface area contributed by atoms with Gasteiger partial charge in [0.05, 0.1) is 12.8 Å². The average molecular weight is 359 g/mol. The highest BCUT2D eigenvalue weighted by molar-refractivity contribution is 6.36. The SMILES string of the molecule is COc1cc(/C=C2/C(=O)Nc3cc(Cl)ccc32)ccc1OCC(N)=O. The minimum absolute atomic E-state index is 0.203. The summed E-state index contributed by atoms with van der Waals surface area (Å²) in [6.45, 7) is -0.243. The van der Waals surface area contributed by atoms with Gasteiger partial charge in [0.2, 0.25) is 0 Å². The van der Waals surface area contributed by atoms with Gasteiger partial charge in [-0.2, -0.15) is 0 Å². The summed E-state index contributed by atoms with van der Waals surface area (Å²) in [6, 6.07) is 10.4. The molecule has 0 spiro atoms. The molecule has 3 rings (SSSR count). The molecule has 2 amide bonds. The molecule has 0 aromatic heterocycles. The van der Waals surface area contributed by atoms with Gasteiger partial charge in [-0.1, -0.05) is 23.7 Å². The van der Waals surface area contributed by atoms with E-state index < -0.39 is 5.91 Å². The lowest BCUT2D eigenvalue weighted by Gasteiger charge is -2.10. The van der Waals surface area contributed by atoms with E-state index in [1.807, 2.05) is 0 Å². The van der Waals surface area contributed by atoms with Gasteiger partial charge >= 0.3 is 0 Å². The summed E-state index contributed by atoms with van der Waals surface area (Å²) in [6.07, 6.45) is 1.75. The van der Waals surface area contributed by atoms with E-state index in [1.54, 1.807) is 42.5 Å². The summed E-state index contributed by atoms with van der Waals surface area (Å²) < 4.78 is 10.6. The van der Waals surface area contributed by atoms with Crippen LogP contribution in [0.15, 0.2) is 36.4 Å². The summed E-state index contributed by atoms with van der Waals surface area (Å²) in [5.74, 6) is 0.0493. The molecule has 2 aromatic rings. The fourth-order valence-corrected chi connectivity index (χ4v) is 2.69. The molecule has 6 nitrogen and oxygen atoms in total. The first-order valence-corrected chi connectivity index (χ1v) is 7.78. The number of rotatable bonds is 5. The van der Waals surface area contributed by atoms with E-state index in [9.17, 15) is 9.59 Å². The van der Waals surface area contributed by atoms with Crippen molar-refractivity contribution < 1.29 is 19.1 Å². The first-order valence-electron chi connectivity index (χ1n) is 7.40. The number of fused-ring (bicyclic) bond motifs is 1. The quantitative estimate of drug-likeness (QED) is 0.804. The Balaban J connectivity index is 1.94. The Labute approximate surface area is 149 Å². The van der Waals surface area contributed by atoms with Crippen LogP contribution in [0.1, 0.15) is 11.1 Å². The molecule has 7 heteroatoms. The number of nitrogens with one attached hydrogen (secondary N) is 1. The Hall–Kier alpha value is -2.99. The highest BCUT2D eigenvalue weighted by Gasteiger charge is 2.24. The maximum Gasteiger partial charge on any atom is 0.256 e. The molecule has 2 aromatic carbocycles. The van der Waals surface area contributed by atoms with Crippen LogP contribution < -0.4 is 20.5 Å². The molecule has 0 unspecified atom stereocenters. The molecule has 0 aliphatic carbocycles. The van der Waals surface area contributed by atoms with Crippen LogP contribution >= 0.6 is 11.6 Å². The minimum Gasteiger partial charge on any atom is -0.493 e. The maximum atomic E-state index is 12.2. The number of methoxy groups -OCH3 is 1. The lowest BCUT2D eigenvalue weighted by atomic mass is 10.0. The summed E-state index contributed by atoms with van der Waals surface area (Å²) in [5.41, 5.74) is 7.81. The van der Waals surface area contributed by atoms with Crippen LogP contribution in [0.25, 0.3) is 11.6 Å². The zero-order chi connectivity index (χ0) is 18.0. The molecule has 0 radical (unpaired) electrons. The number of hydrogen-bond donors (Lipinski definition) is 2. The van der Waals surface area contributed by atoms with Crippen LogP contribution in [0.3, 0.4) is 0 Å². The van der Waals surface area contributed by atoms with Crippen molar-refractivity contribution in [1.29, 1.82) is 0 Å². The average Bonchev–Trinajstić information content (AvgIpc) is 2.88. The second kappa shape index (κ2) is 6.86. The second-order valence-corrected chi connectivity index (χ2v) is 5.80. The fourth-order valence-electron chi connectivity index (χ4n) is 2.52. The molecule has 128 valence electrons. The van der Waals surface area contributed by atoms with Crippen molar-refractivity contribution in [2.24, 2.45) is 5.73 Å². The Bertz CT molecular complexity index is 893. The van der Waals surface area contributed by atoms with Crippen LogP contribution in [0, 0.1) is 0 Å². The van der Waals surface area contributed by atoms with Crippen LogP contribution in [0.4, 0.5) is 5.69 Å². The number of hydrogen-bond acceptors (Lipinski definition) is 4. The molecule has 0 saturated heterocycles. The molecule has 1 aliphatic heterocycles. The third-order valence-corrected chi connectivity index (χ3v) is 3.87. The topological polar surface area (TPSA) is 90.7 Å². The molecule has 0 atom stereocenters. The first-order chi connectivity index (χ1) is 12.0. The standard InChI is InChI=1S/C18H15ClN2O4/c1-24-16-7-10(2-5-15(16)25-9-17(20)22)6-13-12-4-3-11(19)8-14(12)21-18(13)23/h2-8H,9H2,1H3,(H2,20,22)(H,21,23)/b13-6+. The maximum absolute atomic E-state index is 12.2. The van der Waals surface area contributed by atoms with E-state index in [2.05, 4.69) is 5.32 Å². The minimum atomic E-state index is -0.578. The van der Waals surface area contributed by atoms with Gasteiger partial charge in [-0.05, 0) is 35.9 Å². The van der Waals surface area contributed by atoms with E-state index in [0.29, 0.717) is 27.8 Å². The third kappa shape index (κ3) is 3.59. The van der Waals surface area contributed by atoms with Crippen LogP contribution in [-0.2, 0) is 9.59 Å². The number of benzene rings is 2. The van der Waals surface area contributed by atoms with Crippen LogP contribution in [0.5, 0.6) is 11.5 Å². The number of halogens is 1. The van der Waals surface area contributed by atoms with E-state index in [0.717, 1.165) is 11.1 Å². The second-order valence-electron chi connectivity index (χ2n) is 5.37. The Kier molecular flexibility index (Phi) is 4.63. The molecule has 1 heterocycles. The Morgan fingerprint density at radius 3 is 2.76 bits per heavy atom. The summed E-state index contributed by atoms with van der Waals surface area (Å²) in [4.78, 5) is 23.1. The van der Waals surface area contributed by atoms with Crippen molar-refractivity contribution in [2.45, 2.75) is 0 Å². The zero-order valence-corrected chi connectivity index (χ0v) is 14.1. The number of anilines is 1. The van der Waals surface area contributed by atoms with Gasteiger partial charge in [0.15, 0.2) is 18.1 Å². The van der Waals surface area contributed by atoms with Gasteiger partial charge in [-0.15, -0.1) is 0 Å². The number of carbonyl (C=O) groups is 2. The smallest absolute Gasteiger partial charge is 0.256 e. The van der Waals surface area contributed by atoms with Crippen LogP contribution in [0.2, 0.25) is 5.02 Å². The molecule has 3 N–H and O–H groups in total. The summed E-state index contributed by atoms with van der Waals surface area (Å²) in [5, 5.41) is 3.34. The lowest BCUT2D eigenvalue weighted by Crippen LogP contribution is -2.20. The number of carbonyl (C=O) groups excluding carboxylic acids is 2. The normalized spacial score (nSPS) is 14.2. The van der Waals surface area contributed by atoms with Crippen LogP contribution in [-0.4, -0.2) is 25.5 Å². The molecule has 1 aliphatic rings. The largest absolute Gasteiger partial charge is 0.493 e. The third-order valence-electron chi connectivity index (χ3n) is 3.63. The van der Waals surface area contributed by atoms with E-state index in [-0.39, 0.29) is 12.5 Å². The molecule has 0 saturated carbocycles. The number of primary amides is 1. The van der Waals surface area contributed by atoms with Crippen molar-refractivity contribution in [3.63, 3.8) is 0 Å². The van der Waals surface area contributed by atoms with E-state index in [4.69, 9.17) is 26.8 Å². The highest BCUT2D eigenvalue weighted by atomic mass is 35.5. The Morgan fingerprint density at radius 1 is 1.24 bits per heavy atom. The van der Waals surface area contributed by atoms with E-state index in [1.165, 1.54) is 7.11 Å². The highest BCUT2D eigenvalue weighted by Crippen LogP contribution is 2.36. The fraction of sp³-hybridized carbons (Fsp3) is 0.111. The molecule has 0 fully saturated rings. The molecular weight excluding hydrogens is 344 g/mol. The van der Waals surface area contributed by atoms with Gasteiger partial charge in [0, 0.05) is 16.2 Å². The molecule has 25 heavy (non-hydrogen) atoms. The number of amides is 2. The predicted octanol–water partition coefficient (Wildman–Crippen LogP) is 2.71. The number of nitrogens with two attached hydrogens (primary N) is 1. The van der Waals surface area contributed by atoms with Crippen molar-refractivity contribution in [3.8, 4) is 11.5 Å². The van der Waals surface area contributed by atoms with Crippen molar-refractivity contribution in [1.82, 2.24) is 0 Å². The van der Waals surface area contributed by atoms with Crippen molar-refractivity contribution >= 4 is 40.8 Å². The van der Waals surface area contributed by atoms with Gasteiger partial charge in [-0.3, -0.25) is 9.59 Å². The van der Waals surface area contributed by atoms with Gasteiger partial charge in [-0.25, -0.2) is 0 Å². The van der Waals surface area contributed by atoms with Crippen molar-refractivity contribution in [2.75, 3.05) is 19.0 Å². The molecule has 0 bridgehead atoms. The van der Waals surface area contributed by atoms with Crippen molar-refractivity contribution in [3.05, 3.63) is 52.5 Å². The predicted molar refractivity (Wildman–Crippen MR) is 95.6 cm³/mol. The first kappa shape index (κ1) is 16.9. The van der Waals surface area contributed by atoms with Gasteiger partial charge in [0.1, 0.15) is 0 Å². The Morgan fingerprint density at radius 2 is 2.04 bits per heavy atom. The zero-order valence-electron chi connectivity index (χ0n) is 13.3. The summed E-state index contributed by atoms with van der Waals surface area (Å²) >= 11 is 5.95. The monoisotopic (exact) mass is 358 g/mol. The lowest BCUT2D eigenvalue weighted by molar-refractivity contribution is -0.120. The summed E-state index contributed by atoms with van der Waals surface area (Å²) in [7, 11) is 1.49.